The maximum Gasteiger partial charge on any atom is 0.0108 e. The summed E-state index contributed by atoms with van der Waals surface area (Å²) >= 11 is 3.91. The van der Waals surface area contributed by atoms with Crippen LogP contribution in [-0.2, 0) is 0 Å². The molecular weight excluding hydrogens is 282 g/mol. The molecule has 1 atom stereocenters. The highest BCUT2D eigenvalue weighted by molar-refractivity contribution is 7.99. The van der Waals surface area contributed by atoms with Gasteiger partial charge in [-0.2, -0.15) is 0 Å². The standard InChI is InChI=1S/C17H19NS2/c1-2-6-15(7-3-1)19-11-10-18-12-14-13-20-17-9-5-4-8-16(14)17/h1-9,14,18H,10-13H2. The highest BCUT2D eigenvalue weighted by Crippen LogP contribution is 2.38. The largest absolute Gasteiger partial charge is 0.315 e. The summed E-state index contributed by atoms with van der Waals surface area (Å²) in [5.74, 6) is 3.03. The third-order valence-corrected chi connectivity index (χ3v) is 5.75. The Balaban J connectivity index is 1.39. The van der Waals surface area contributed by atoms with Crippen LogP contribution in [0.5, 0.6) is 0 Å². The molecule has 104 valence electrons. The molecule has 0 spiro atoms. The van der Waals surface area contributed by atoms with Crippen molar-refractivity contribution in [3.05, 3.63) is 60.2 Å². The van der Waals surface area contributed by atoms with Crippen molar-refractivity contribution in [2.45, 2.75) is 15.7 Å². The molecule has 3 rings (SSSR count). The number of rotatable bonds is 6. The zero-order valence-corrected chi connectivity index (χ0v) is 13.1. The minimum atomic E-state index is 0.679. The lowest BCUT2D eigenvalue weighted by atomic mass is 10.0. The van der Waals surface area contributed by atoms with Crippen LogP contribution in [0.1, 0.15) is 11.5 Å². The van der Waals surface area contributed by atoms with Crippen LogP contribution in [0, 0.1) is 0 Å². The molecule has 1 aliphatic heterocycles. The molecule has 0 bridgehead atoms. The average molecular weight is 301 g/mol. The van der Waals surface area contributed by atoms with Gasteiger partial charge in [0.2, 0.25) is 0 Å². The average Bonchev–Trinajstić information content (AvgIpc) is 2.91. The van der Waals surface area contributed by atoms with Crippen molar-refractivity contribution in [2.24, 2.45) is 0 Å². The summed E-state index contributed by atoms with van der Waals surface area (Å²) in [6.45, 7) is 2.17. The Hall–Kier alpha value is -0.900. The second kappa shape index (κ2) is 7.21. The number of hydrogen-bond acceptors (Lipinski definition) is 3. The lowest BCUT2D eigenvalue weighted by Gasteiger charge is -2.11. The van der Waals surface area contributed by atoms with E-state index in [0.29, 0.717) is 5.92 Å². The fourth-order valence-electron chi connectivity index (χ4n) is 2.43. The molecule has 0 aromatic heterocycles. The van der Waals surface area contributed by atoms with Gasteiger partial charge in [0.25, 0.3) is 0 Å². The SMILES string of the molecule is c1ccc(SCCNCC2CSc3ccccc32)cc1. The number of benzene rings is 2. The highest BCUT2D eigenvalue weighted by Gasteiger charge is 2.21. The normalized spacial score (nSPS) is 17.1. The van der Waals surface area contributed by atoms with E-state index in [2.05, 4.69) is 59.9 Å². The van der Waals surface area contributed by atoms with Crippen molar-refractivity contribution in [2.75, 3.05) is 24.6 Å². The number of nitrogens with one attached hydrogen (secondary N) is 1. The zero-order chi connectivity index (χ0) is 13.6. The second-order valence-corrected chi connectivity index (χ2v) is 7.14. The Morgan fingerprint density at radius 2 is 1.85 bits per heavy atom. The van der Waals surface area contributed by atoms with E-state index in [4.69, 9.17) is 0 Å². The molecule has 0 saturated heterocycles. The van der Waals surface area contributed by atoms with Crippen molar-refractivity contribution in [1.82, 2.24) is 5.32 Å². The van der Waals surface area contributed by atoms with Crippen LogP contribution in [0.25, 0.3) is 0 Å². The smallest absolute Gasteiger partial charge is 0.0108 e. The Morgan fingerprint density at radius 3 is 2.75 bits per heavy atom. The monoisotopic (exact) mass is 301 g/mol. The first-order valence-electron chi connectivity index (χ1n) is 7.04. The predicted molar refractivity (Wildman–Crippen MR) is 89.9 cm³/mol. The first-order valence-corrected chi connectivity index (χ1v) is 9.01. The van der Waals surface area contributed by atoms with Crippen molar-refractivity contribution >= 4 is 23.5 Å². The van der Waals surface area contributed by atoms with Gasteiger partial charge in [-0.15, -0.1) is 23.5 Å². The first kappa shape index (κ1) is 14.1. The number of thioether (sulfide) groups is 2. The lowest BCUT2D eigenvalue weighted by Crippen LogP contribution is -2.23. The molecular formula is C17H19NS2. The van der Waals surface area contributed by atoms with E-state index < -0.39 is 0 Å². The molecule has 20 heavy (non-hydrogen) atoms. The quantitative estimate of drug-likeness (QED) is 0.632. The maximum atomic E-state index is 3.60. The molecule has 1 aliphatic rings. The fraction of sp³-hybridized carbons (Fsp3) is 0.294. The van der Waals surface area contributed by atoms with E-state index in [0.717, 1.165) is 18.8 Å². The molecule has 0 amide bonds. The van der Waals surface area contributed by atoms with Crippen molar-refractivity contribution in [1.29, 1.82) is 0 Å². The van der Waals surface area contributed by atoms with Gasteiger partial charge in [-0.05, 0) is 23.8 Å². The summed E-state index contributed by atoms with van der Waals surface area (Å²) in [6, 6.07) is 19.4. The van der Waals surface area contributed by atoms with E-state index in [9.17, 15) is 0 Å². The summed E-state index contributed by atoms with van der Waals surface area (Å²) in [5, 5.41) is 3.60. The van der Waals surface area contributed by atoms with Gasteiger partial charge in [-0.3, -0.25) is 0 Å². The molecule has 3 heteroatoms. The minimum Gasteiger partial charge on any atom is -0.315 e. The third-order valence-electron chi connectivity index (χ3n) is 3.48. The molecule has 0 radical (unpaired) electrons. The summed E-state index contributed by atoms with van der Waals surface area (Å²) in [4.78, 5) is 2.83. The summed E-state index contributed by atoms with van der Waals surface area (Å²) in [5.41, 5.74) is 1.53. The van der Waals surface area contributed by atoms with Gasteiger partial charge < -0.3 is 5.32 Å². The lowest BCUT2D eigenvalue weighted by molar-refractivity contribution is 0.645. The fourth-order valence-corrected chi connectivity index (χ4v) is 4.52. The van der Waals surface area contributed by atoms with Gasteiger partial charge in [0.05, 0.1) is 0 Å². The van der Waals surface area contributed by atoms with Crippen molar-refractivity contribution < 1.29 is 0 Å². The highest BCUT2D eigenvalue weighted by atomic mass is 32.2. The number of hydrogen-bond donors (Lipinski definition) is 1. The Labute approximate surface area is 129 Å². The molecule has 2 aromatic rings. The second-order valence-electron chi connectivity index (χ2n) is 4.91. The van der Waals surface area contributed by atoms with Crippen LogP contribution in [0.15, 0.2) is 64.4 Å². The molecule has 1 heterocycles. The van der Waals surface area contributed by atoms with Crippen LogP contribution in [0.3, 0.4) is 0 Å². The van der Waals surface area contributed by atoms with Crippen molar-refractivity contribution in [3.63, 3.8) is 0 Å². The maximum absolute atomic E-state index is 3.60. The van der Waals surface area contributed by atoms with E-state index in [1.54, 1.807) is 0 Å². The molecule has 1 unspecified atom stereocenters. The van der Waals surface area contributed by atoms with E-state index >= 15 is 0 Å². The molecule has 0 saturated carbocycles. The molecule has 0 aliphatic carbocycles. The summed E-state index contributed by atoms with van der Waals surface area (Å²) in [6.07, 6.45) is 0. The van der Waals surface area contributed by atoms with Gasteiger partial charge in [-0.1, -0.05) is 36.4 Å². The molecule has 1 N–H and O–H groups in total. The summed E-state index contributed by atoms with van der Waals surface area (Å²) in [7, 11) is 0. The van der Waals surface area contributed by atoms with Crippen LogP contribution in [0.4, 0.5) is 0 Å². The first-order chi connectivity index (χ1) is 9.93. The Bertz CT molecular complexity index is 542. The van der Waals surface area contributed by atoms with Crippen LogP contribution in [0.2, 0.25) is 0 Å². The molecule has 2 aromatic carbocycles. The third kappa shape index (κ3) is 3.60. The topological polar surface area (TPSA) is 12.0 Å². The van der Waals surface area contributed by atoms with E-state index in [1.807, 2.05) is 23.5 Å². The van der Waals surface area contributed by atoms with Gasteiger partial charge in [-0.25, -0.2) is 0 Å². The van der Waals surface area contributed by atoms with Crippen LogP contribution < -0.4 is 5.32 Å². The summed E-state index contributed by atoms with van der Waals surface area (Å²) < 4.78 is 0. The predicted octanol–water partition coefficient (Wildman–Crippen LogP) is 4.26. The van der Waals surface area contributed by atoms with Gasteiger partial charge in [0.1, 0.15) is 0 Å². The molecule has 0 fully saturated rings. The zero-order valence-electron chi connectivity index (χ0n) is 11.4. The van der Waals surface area contributed by atoms with Gasteiger partial charge >= 0.3 is 0 Å². The van der Waals surface area contributed by atoms with E-state index in [1.165, 1.54) is 21.1 Å². The Morgan fingerprint density at radius 1 is 1.05 bits per heavy atom. The van der Waals surface area contributed by atoms with Gasteiger partial charge in [0, 0.05) is 40.3 Å². The minimum absolute atomic E-state index is 0.679. The molecule has 1 nitrogen and oxygen atoms in total. The Kier molecular flexibility index (Phi) is 5.06. The van der Waals surface area contributed by atoms with Crippen LogP contribution in [-0.4, -0.2) is 24.6 Å². The number of fused-ring (bicyclic) bond motifs is 1. The van der Waals surface area contributed by atoms with Crippen LogP contribution >= 0.6 is 23.5 Å². The van der Waals surface area contributed by atoms with E-state index in [-0.39, 0.29) is 0 Å². The van der Waals surface area contributed by atoms with Gasteiger partial charge in [0.15, 0.2) is 0 Å². The van der Waals surface area contributed by atoms with Crippen molar-refractivity contribution in [3.8, 4) is 0 Å².